The highest BCUT2D eigenvalue weighted by Crippen LogP contribution is 2.34. The average Bonchev–Trinajstić information content (AvgIpc) is 3.15. The van der Waals surface area contributed by atoms with E-state index < -0.39 is 5.91 Å². The number of carbonyl (C=O) groups is 1. The van der Waals surface area contributed by atoms with Gasteiger partial charge in [0.05, 0.1) is 24.1 Å². The quantitative estimate of drug-likeness (QED) is 0.705. The Hall–Kier alpha value is -2.96. The zero-order valence-electron chi connectivity index (χ0n) is 17.5. The molecule has 8 nitrogen and oxygen atoms in total. The second kappa shape index (κ2) is 9.04. The summed E-state index contributed by atoms with van der Waals surface area (Å²) in [6, 6.07) is 8.04. The molecule has 2 fully saturated rings. The van der Waals surface area contributed by atoms with Crippen molar-refractivity contribution in [3.05, 3.63) is 41.8 Å². The van der Waals surface area contributed by atoms with Gasteiger partial charge in [-0.15, -0.1) is 0 Å². The molecule has 0 unspecified atom stereocenters. The van der Waals surface area contributed by atoms with Gasteiger partial charge in [0, 0.05) is 38.6 Å². The number of methoxy groups -OCH3 is 1. The van der Waals surface area contributed by atoms with Crippen LogP contribution in [0, 0.1) is 29.0 Å². The summed E-state index contributed by atoms with van der Waals surface area (Å²) >= 11 is 0. The van der Waals surface area contributed by atoms with Gasteiger partial charge >= 0.3 is 0 Å². The lowest BCUT2D eigenvalue weighted by atomic mass is 9.81. The largest absolute Gasteiger partial charge is 0.381 e. The van der Waals surface area contributed by atoms with Crippen LogP contribution in [0.1, 0.15) is 35.7 Å². The second-order valence-electron chi connectivity index (χ2n) is 8.41. The summed E-state index contributed by atoms with van der Waals surface area (Å²) < 4.78 is 20.2. The molecule has 0 spiro atoms. The summed E-state index contributed by atoms with van der Waals surface area (Å²) in [5.74, 6) is -0.280. The fourth-order valence-corrected chi connectivity index (χ4v) is 4.50. The molecule has 164 valence electrons. The van der Waals surface area contributed by atoms with Gasteiger partial charge < -0.3 is 20.7 Å². The number of likely N-dealkylation sites (tertiary alicyclic amines) is 1. The summed E-state index contributed by atoms with van der Waals surface area (Å²) in [6.07, 6.45) is 4.89. The Morgan fingerprint density at radius 1 is 1.39 bits per heavy atom. The number of amides is 1. The molecule has 1 saturated carbocycles. The number of nitriles is 1. The molecule has 1 aromatic carbocycles. The van der Waals surface area contributed by atoms with E-state index in [1.807, 2.05) is 0 Å². The van der Waals surface area contributed by atoms with E-state index in [4.69, 9.17) is 10.5 Å². The zero-order valence-corrected chi connectivity index (χ0v) is 17.5. The standard InChI is InChI=1S/C22H27FN6O2/c1-31-18-8-14(9-18)11-28-7-6-20(15(10-24)12-28)29-13-19(21(25)30)22(27-29)26-17-4-2-16(23)3-5-17/h2-5,13-15,18,20H,6-9,11-12H2,1H3,(H2,25,30)(H,26,27)/t14?,15-,18?,20+/m1/s1. The minimum absolute atomic E-state index is 0.142. The van der Waals surface area contributed by atoms with Gasteiger partial charge in [0.1, 0.15) is 11.4 Å². The van der Waals surface area contributed by atoms with Crippen LogP contribution in [0.5, 0.6) is 0 Å². The SMILES string of the molecule is COC1CC(CN2CC[C@H](n3cc(C(N)=O)c(Nc4ccc(F)cc4)n3)[C@H](C#N)C2)C1. The van der Waals surface area contributed by atoms with E-state index in [0.29, 0.717) is 30.1 Å². The van der Waals surface area contributed by atoms with Gasteiger partial charge in [0.2, 0.25) is 0 Å². The molecule has 1 aromatic heterocycles. The summed E-state index contributed by atoms with van der Waals surface area (Å²) in [4.78, 5) is 14.3. The van der Waals surface area contributed by atoms with Crippen molar-refractivity contribution in [2.75, 3.05) is 32.1 Å². The number of carbonyl (C=O) groups excluding carboxylic acids is 1. The number of anilines is 2. The molecule has 2 atom stereocenters. The third-order valence-electron chi connectivity index (χ3n) is 6.31. The van der Waals surface area contributed by atoms with Crippen LogP contribution < -0.4 is 11.1 Å². The third kappa shape index (κ3) is 4.70. The molecule has 1 saturated heterocycles. The summed E-state index contributed by atoms with van der Waals surface area (Å²) in [5.41, 5.74) is 6.38. The van der Waals surface area contributed by atoms with Gasteiger partial charge in [0.25, 0.3) is 5.91 Å². The maximum Gasteiger partial charge on any atom is 0.254 e. The van der Waals surface area contributed by atoms with E-state index in [9.17, 15) is 14.4 Å². The molecule has 2 aliphatic rings. The maximum absolute atomic E-state index is 13.2. The van der Waals surface area contributed by atoms with Crippen molar-refractivity contribution >= 4 is 17.4 Å². The van der Waals surface area contributed by atoms with Crippen molar-refractivity contribution in [2.24, 2.45) is 17.6 Å². The van der Waals surface area contributed by atoms with E-state index in [1.54, 1.807) is 30.1 Å². The molecule has 0 bridgehead atoms. The highest BCUT2D eigenvalue weighted by atomic mass is 19.1. The Morgan fingerprint density at radius 2 is 2.13 bits per heavy atom. The van der Waals surface area contributed by atoms with E-state index in [2.05, 4.69) is 21.4 Å². The first-order chi connectivity index (χ1) is 15.0. The van der Waals surface area contributed by atoms with Crippen molar-refractivity contribution in [3.8, 4) is 6.07 Å². The molecular formula is C22H27FN6O2. The Labute approximate surface area is 180 Å². The molecule has 0 radical (unpaired) electrons. The lowest BCUT2D eigenvalue weighted by Crippen LogP contribution is -2.46. The Kier molecular flexibility index (Phi) is 6.20. The summed E-state index contributed by atoms with van der Waals surface area (Å²) in [6.45, 7) is 2.51. The first-order valence-electron chi connectivity index (χ1n) is 10.5. The first-order valence-corrected chi connectivity index (χ1v) is 10.5. The Bertz CT molecular complexity index is 963. The molecule has 2 aromatic rings. The van der Waals surface area contributed by atoms with Gasteiger partial charge in [0.15, 0.2) is 5.82 Å². The zero-order chi connectivity index (χ0) is 22.0. The number of nitrogens with one attached hydrogen (secondary N) is 1. The summed E-state index contributed by atoms with van der Waals surface area (Å²) in [5, 5.41) is 17.4. The number of hydrogen-bond donors (Lipinski definition) is 2. The monoisotopic (exact) mass is 426 g/mol. The van der Waals surface area contributed by atoms with Crippen LogP contribution in [0.4, 0.5) is 15.9 Å². The van der Waals surface area contributed by atoms with E-state index >= 15 is 0 Å². The number of aromatic nitrogens is 2. The highest BCUT2D eigenvalue weighted by Gasteiger charge is 2.36. The van der Waals surface area contributed by atoms with Crippen LogP contribution >= 0.6 is 0 Å². The van der Waals surface area contributed by atoms with Crippen LogP contribution in [0.3, 0.4) is 0 Å². The van der Waals surface area contributed by atoms with Crippen LogP contribution in [0.15, 0.2) is 30.5 Å². The van der Waals surface area contributed by atoms with Gasteiger partial charge in [-0.3, -0.25) is 9.48 Å². The molecule has 4 rings (SSSR count). The summed E-state index contributed by atoms with van der Waals surface area (Å²) in [7, 11) is 1.75. The van der Waals surface area contributed by atoms with Crippen molar-refractivity contribution in [1.82, 2.24) is 14.7 Å². The molecular weight excluding hydrogens is 399 g/mol. The van der Waals surface area contributed by atoms with Crippen LogP contribution in [-0.2, 0) is 4.74 Å². The van der Waals surface area contributed by atoms with Crippen LogP contribution in [0.25, 0.3) is 0 Å². The molecule has 1 amide bonds. The number of nitrogens with two attached hydrogens (primary N) is 1. The molecule has 9 heteroatoms. The van der Waals surface area contributed by atoms with Gasteiger partial charge in [-0.25, -0.2) is 4.39 Å². The minimum atomic E-state index is -0.612. The lowest BCUT2D eigenvalue weighted by molar-refractivity contribution is -0.0162. The van der Waals surface area contributed by atoms with Crippen LogP contribution in [-0.4, -0.2) is 53.4 Å². The molecule has 1 aliphatic heterocycles. The van der Waals surface area contributed by atoms with E-state index in [0.717, 1.165) is 32.4 Å². The van der Waals surface area contributed by atoms with Crippen molar-refractivity contribution in [2.45, 2.75) is 31.4 Å². The second-order valence-corrected chi connectivity index (χ2v) is 8.41. The minimum Gasteiger partial charge on any atom is -0.381 e. The maximum atomic E-state index is 13.2. The van der Waals surface area contributed by atoms with Crippen molar-refractivity contribution in [1.29, 1.82) is 5.26 Å². The number of rotatable bonds is 7. The fourth-order valence-electron chi connectivity index (χ4n) is 4.50. The Balaban J connectivity index is 1.46. The molecule has 3 N–H and O–H groups in total. The smallest absolute Gasteiger partial charge is 0.254 e. The predicted molar refractivity (Wildman–Crippen MR) is 113 cm³/mol. The fraction of sp³-hybridized carbons (Fsp3) is 0.500. The third-order valence-corrected chi connectivity index (χ3v) is 6.31. The number of piperidine rings is 1. The molecule has 2 heterocycles. The van der Waals surface area contributed by atoms with E-state index in [1.165, 1.54) is 12.1 Å². The average molecular weight is 426 g/mol. The van der Waals surface area contributed by atoms with Crippen molar-refractivity contribution < 1.29 is 13.9 Å². The number of ether oxygens (including phenoxy) is 1. The molecule has 1 aliphatic carbocycles. The first kappa shape index (κ1) is 21.3. The number of primary amides is 1. The highest BCUT2D eigenvalue weighted by molar-refractivity contribution is 5.98. The number of benzene rings is 1. The van der Waals surface area contributed by atoms with Gasteiger partial charge in [-0.05, 0) is 49.4 Å². The number of halogens is 1. The lowest BCUT2D eigenvalue weighted by Gasteiger charge is -2.41. The van der Waals surface area contributed by atoms with Crippen LogP contribution in [0.2, 0.25) is 0 Å². The van der Waals surface area contributed by atoms with Gasteiger partial charge in [-0.2, -0.15) is 10.4 Å². The number of nitrogens with zero attached hydrogens (tertiary/aromatic N) is 4. The normalized spacial score (nSPS) is 26.1. The van der Waals surface area contributed by atoms with Gasteiger partial charge in [-0.1, -0.05) is 0 Å². The predicted octanol–water partition coefficient (Wildman–Crippen LogP) is 2.68. The van der Waals surface area contributed by atoms with Crippen molar-refractivity contribution in [3.63, 3.8) is 0 Å². The number of hydrogen-bond acceptors (Lipinski definition) is 6. The topological polar surface area (TPSA) is 109 Å². The van der Waals surface area contributed by atoms with E-state index in [-0.39, 0.29) is 23.3 Å². The molecule has 31 heavy (non-hydrogen) atoms. The Morgan fingerprint density at radius 3 is 2.77 bits per heavy atom.